The number of esters is 3. The van der Waals surface area contributed by atoms with E-state index < -0.39 is 30.8 Å². The molecule has 3 aliphatic rings. The molecule has 22 heavy (non-hydrogen) atoms. The third-order valence-electron chi connectivity index (χ3n) is 4.84. The molecule has 1 saturated heterocycles. The molecule has 3 rings (SSSR count). The van der Waals surface area contributed by atoms with Crippen LogP contribution in [0.3, 0.4) is 0 Å². The van der Waals surface area contributed by atoms with Crippen LogP contribution in [-0.4, -0.2) is 48.4 Å². The van der Waals surface area contributed by atoms with Gasteiger partial charge in [0.25, 0.3) is 0 Å². The number of hydrogen-bond donors (Lipinski definition) is 1. The highest BCUT2D eigenvalue weighted by Gasteiger charge is 2.64. The smallest absolute Gasteiger partial charge is 0.344 e. The molecule has 0 aromatic rings. The number of fused-ring (bicyclic) bond motifs is 5. The lowest BCUT2D eigenvalue weighted by molar-refractivity contribution is -0.170. The fraction of sp³-hybridized carbons (Fsp3) is 0.667. The van der Waals surface area contributed by atoms with Crippen LogP contribution in [0.15, 0.2) is 12.2 Å². The highest BCUT2D eigenvalue weighted by molar-refractivity contribution is 5.88. The van der Waals surface area contributed by atoms with Crippen molar-refractivity contribution in [3.8, 4) is 0 Å². The van der Waals surface area contributed by atoms with Gasteiger partial charge in [-0.25, -0.2) is 9.59 Å². The molecule has 0 spiro atoms. The van der Waals surface area contributed by atoms with Crippen LogP contribution in [-0.2, 0) is 28.6 Å². The largest absolute Gasteiger partial charge is 0.465 e. The van der Waals surface area contributed by atoms with E-state index in [0.29, 0.717) is 13.0 Å². The highest BCUT2D eigenvalue weighted by atomic mass is 16.6. The summed E-state index contributed by atoms with van der Waals surface area (Å²) in [5.74, 6) is -2.24. The Balaban J connectivity index is 1.58. The molecular formula is C15H18O7. The normalized spacial score (nSPS) is 38.4. The maximum atomic E-state index is 11.8. The van der Waals surface area contributed by atoms with Gasteiger partial charge in [0, 0.05) is 23.3 Å². The maximum Gasteiger partial charge on any atom is 0.344 e. The van der Waals surface area contributed by atoms with E-state index in [4.69, 9.17) is 14.2 Å². The van der Waals surface area contributed by atoms with Crippen LogP contribution in [0.5, 0.6) is 0 Å². The topological polar surface area (TPSA) is 99.1 Å². The van der Waals surface area contributed by atoms with Crippen molar-refractivity contribution in [1.82, 2.24) is 0 Å². The van der Waals surface area contributed by atoms with Gasteiger partial charge in [0.2, 0.25) is 0 Å². The highest BCUT2D eigenvalue weighted by Crippen LogP contribution is 2.56. The standard InChI is InChI=1S/C15H18O7/c1-6(2)14(18)21-5-10(16)22-13-7-3-8(12(13)17)11-9(7)4-20-15(11)19/h7-9,11-13,17H,1,3-5H2,2H3. The minimum atomic E-state index is -0.877. The van der Waals surface area contributed by atoms with Gasteiger partial charge < -0.3 is 19.3 Å². The Kier molecular flexibility index (Phi) is 3.68. The number of carbonyl (C=O) groups is 3. The van der Waals surface area contributed by atoms with Crippen LogP contribution in [0, 0.1) is 23.7 Å². The second kappa shape index (κ2) is 5.39. The number of cyclic esters (lactones) is 1. The lowest BCUT2D eigenvalue weighted by Gasteiger charge is -2.32. The summed E-state index contributed by atoms with van der Waals surface area (Å²) in [6.45, 7) is 4.68. The number of rotatable bonds is 4. The zero-order valence-electron chi connectivity index (χ0n) is 12.2. The summed E-state index contributed by atoms with van der Waals surface area (Å²) in [5, 5.41) is 10.3. The molecule has 0 aromatic carbocycles. The maximum absolute atomic E-state index is 11.8. The van der Waals surface area contributed by atoms with Gasteiger partial charge in [-0.15, -0.1) is 0 Å². The van der Waals surface area contributed by atoms with E-state index in [9.17, 15) is 19.5 Å². The van der Waals surface area contributed by atoms with Gasteiger partial charge in [-0.05, 0) is 13.3 Å². The van der Waals surface area contributed by atoms with Gasteiger partial charge in [-0.1, -0.05) is 6.58 Å². The molecule has 7 heteroatoms. The Morgan fingerprint density at radius 1 is 1.36 bits per heavy atom. The van der Waals surface area contributed by atoms with Crippen molar-refractivity contribution in [3.05, 3.63) is 12.2 Å². The van der Waals surface area contributed by atoms with E-state index in [1.807, 2.05) is 0 Å². The summed E-state index contributed by atoms with van der Waals surface area (Å²) in [6.07, 6.45) is -0.899. The monoisotopic (exact) mass is 310 g/mol. The van der Waals surface area contributed by atoms with Gasteiger partial charge in [-0.2, -0.15) is 0 Å². The summed E-state index contributed by atoms with van der Waals surface area (Å²) in [6, 6.07) is 0. The van der Waals surface area contributed by atoms with E-state index in [-0.39, 0.29) is 35.2 Å². The van der Waals surface area contributed by atoms with Crippen LogP contribution in [0.25, 0.3) is 0 Å². The minimum absolute atomic E-state index is 0.00308. The van der Waals surface area contributed by atoms with Gasteiger partial charge >= 0.3 is 17.9 Å². The first-order valence-corrected chi connectivity index (χ1v) is 7.27. The van der Waals surface area contributed by atoms with Gasteiger partial charge in [0.05, 0.1) is 18.6 Å². The summed E-state index contributed by atoms with van der Waals surface area (Å²) < 4.78 is 15.0. The van der Waals surface area contributed by atoms with Crippen molar-refractivity contribution < 1.29 is 33.7 Å². The Morgan fingerprint density at radius 3 is 2.77 bits per heavy atom. The number of ether oxygens (including phenoxy) is 3. The summed E-state index contributed by atoms with van der Waals surface area (Å²) in [7, 11) is 0. The predicted octanol–water partition coefficient (Wildman–Crippen LogP) is -0.183. The van der Waals surface area contributed by atoms with Crippen LogP contribution < -0.4 is 0 Å². The molecule has 0 amide bonds. The molecule has 0 aromatic heterocycles. The van der Waals surface area contributed by atoms with Crippen molar-refractivity contribution in [2.45, 2.75) is 25.6 Å². The fourth-order valence-corrected chi connectivity index (χ4v) is 3.89. The molecule has 1 aliphatic heterocycles. The Labute approximate surface area is 127 Å². The molecule has 2 bridgehead atoms. The van der Waals surface area contributed by atoms with Crippen molar-refractivity contribution in [2.24, 2.45) is 23.7 Å². The Bertz CT molecular complexity index is 540. The minimum Gasteiger partial charge on any atom is -0.465 e. The number of aliphatic hydroxyl groups excluding tert-OH is 1. The zero-order chi connectivity index (χ0) is 16.0. The predicted molar refractivity (Wildman–Crippen MR) is 71.2 cm³/mol. The average Bonchev–Trinajstić information content (AvgIpc) is 3.10. The molecule has 120 valence electrons. The molecule has 3 fully saturated rings. The molecule has 6 atom stereocenters. The summed E-state index contributed by atoms with van der Waals surface area (Å²) >= 11 is 0. The molecule has 6 unspecified atom stereocenters. The lowest BCUT2D eigenvalue weighted by Crippen LogP contribution is -2.45. The third-order valence-corrected chi connectivity index (χ3v) is 4.84. The number of hydrogen-bond acceptors (Lipinski definition) is 7. The fourth-order valence-electron chi connectivity index (χ4n) is 3.89. The molecular weight excluding hydrogens is 292 g/mol. The second-order valence-electron chi connectivity index (χ2n) is 6.18. The number of carbonyl (C=O) groups excluding carboxylic acids is 3. The van der Waals surface area contributed by atoms with Crippen molar-refractivity contribution in [3.63, 3.8) is 0 Å². The van der Waals surface area contributed by atoms with Crippen LogP contribution in [0.1, 0.15) is 13.3 Å². The second-order valence-corrected chi connectivity index (χ2v) is 6.18. The summed E-state index contributed by atoms with van der Waals surface area (Å²) in [5.41, 5.74) is 0.192. The van der Waals surface area contributed by atoms with Crippen molar-refractivity contribution >= 4 is 17.9 Å². The van der Waals surface area contributed by atoms with Gasteiger partial charge in [0.1, 0.15) is 6.10 Å². The average molecular weight is 310 g/mol. The molecule has 2 saturated carbocycles. The van der Waals surface area contributed by atoms with E-state index in [1.165, 1.54) is 6.92 Å². The van der Waals surface area contributed by atoms with E-state index in [2.05, 4.69) is 6.58 Å². The zero-order valence-corrected chi connectivity index (χ0v) is 12.2. The Morgan fingerprint density at radius 2 is 2.09 bits per heavy atom. The van der Waals surface area contributed by atoms with Crippen LogP contribution in [0.4, 0.5) is 0 Å². The van der Waals surface area contributed by atoms with Crippen LogP contribution in [0.2, 0.25) is 0 Å². The quantitative estimate of drug-likeness (QED) is 0.437. The number of aliphatic hydroxyl groups is 1. The SMILES string of the molecule is C=C(C)C(=O)OCC(=O)OC1C(O)C2CC1C1COC(=O)C21. The van der Waals surface area contributed by atoms with Crippen molar-refractivity contribution in [2.75, 3.05) is 13.2 Å². The van der Waals surface area contributed by atoms with Gasteiger partial charge in [0.15, 0.2) is 6.61 Å². The first kappa shape index (κ1) is 15.0. The van der Waals surface area contributed by atoms with Crippen LogP contribution >= 0.6 is 0 Å². The molecule has 2 aliphatic carbocycles. The van der Waals surface area contributed by atoms with Gasteiger partial charge in [-0.3, -0.25) is 4.79 Å². The van der Waals surface area contributed by atoms with Crippen molar-refractivity contribution in [1.29, 1.82) is 0 Å². The van der Waals surface area contributed by atoms with E-state index in [1.54, 1.807) is 0 Å². The molecule has 7 nitrogen and oxygen atoms in total. The Hall–Kier alpha value is -1.89. The van der Waals surface area contributed by atoms with E-state index >= 15 is 0 Å². The molecule has 1 heterocycles. The first-order valence-electron chi connectivity index (χ1n) is 7.27. The van der Waals surface area contributed by atoms with E-state index in [0.717, 1.165) is 0 Å². The lowest BCUT2D eigenvalue weighted by atomic mass is 9.78. The third kappa shape index (κ3) is 2.29. The summed E-state index contributed by atoms with van der Waals surface area (Å²) in [4.78, 5) is 34.6. The first-order chi connectivity index (χ1) is 10.4. The molecule has 1 N–H and O–H groups in total. The molecule has 0 radical (unpaired) electrons.